The minimum Gasteiger partial charge on any atom is -0.507 e. The molecule has 7 heteroatoms. The Labute approximate surface area is 155 Å². The van der Waals surface area contributed by atoms with E-state index in [2.05, 4.69) is 6.58 Å². The van der Waals surface area contributed by atoms with Crippen LogP contribution in [0, 0.1) is 10.1 Å². The minimum atomic E-state index is -0.942. The number of non-ortho nitro benzene ring substituents is 1. The fourth-order valence-electron chi connectivity index (χ4n) is 3.11. The van der Waals surface area contributed by atoms with Crippen molar-refractivity contribution in [2.75, 3.05) is 6.54 Å². The summed E-state index contributed by atoms with van der Waals surface area (Å²) >= 11 is 0. The number of rotatable bonds is 5. The van der Waals surface area contributed by atoms with E-state index in [1.54, 1.807) is 36.4 Å². The number of aliphatic hydroxyl groups excluding tert-OH is 1. The van der Waals surface area contributed by atoms with E-state index < -0.39 is 22.7 Å². The molecule has 0 unspecified atom stereocenters. The Morgan fingerprint density at radius 2 is 1.89 bits per heavy atom. The molecule has 2 aromatic rings. The highest BCUT2D eigenvalue weighted by atomic mass is 16.6. The number of nitro benzene ring substituents is 1. The van der Waals surface area contributed by atoms with Crippen LogP contribution in [0.4, 0.5) is 5.69 Å². The smallest absolute Gasteiger partial charge is 0.295 e. The van der Waals surface area contributed by atoms with Crippen LogP contribution in [0.3, 0.4) is 0 Å². The molecule has 1 amide bonds. The molecule has 0 aromatic heterocycles. The number of benzene rings is 2. The molecule has 1 fully saturated rings. The number of carbonyl (C=O) groups is 2. The zero-order valence-electron chi connectivity index (χ0n) is 14.2. The van der Waals surface area contributed by atoms with Crippen LogP contribution in [0.1, 0.15) is 17.2 Å². The molecule has 0 bridgehead atoms. The molecule has 0 saturated carbocycles. The van der Waals surface area contributed by atoms with Crippen LogP contribution in [0.15, 0.2) is 72.8 Å². The lowest BCUT2D eigenvalue weighted by atomic mass is 9.95. The number of ketones is 1. The van der Waals surface area contributed by atoms with Crippen molar-refractivity contribution in [2.24, 2.45) is 0 Å². The van der Waals surface area contributed by atoms with Gasteiger partial charge in [-0.2, -0.15) is 0 Å². The molecule has 0 spiro atoms. The Morgan fingerprint density at radius 1 is 1.19 bits per heavy atom. The normalized spacial score (nSPS) is 18.5. The lowest BCUT2D eigenvalue weighted by Crippen LogP contribution is -2.29. The van der Waals surface area contributed by atoms with Gasteiger partial charge in [0.15, 0.2) is 0 Å². The lowest BCUT2D eigenvalue weighted by Gasteiger charge is -2.23. The van der Waals surface area contributed by atoms with Crippen molar-refractivity contribution in [3.05, 3.63) is 94.1 Å². The maximum atomic E-state index is 12.6. The Hall–Kier alpha value is -3.74. The molecule has 136 valence electrons. The molecule has 0 radical (unpaired) electrons. The second-order valence-corrected chi connectivity index (χ2v) is 5.96. The molecule has 1 saturated heterocycles. The second kappa shape index (κ2) is 7.25. The van der Waals surface area contributed by atoms with Gasteiger partial charge in [-0.05, 0) is 5.56 Å². The number of hydrogen-bond acceptors (Lipinski definition) is 5. The monoisotopic (exact) mass is 364 g/mol. The fourth-order valence-corrected chi connectivity index (χ4v) is 3.11. The Bertz CT molecular complexity index is 965. The zero-order chi connectivity index (χ0) is 19.6. The standard InChI is InChI=1S/C20H16N2O5/c1-2-11-21-17(14-9-6-10-15(12-14)22(26)27)16(19(24)20(21)25)18(23)13-7-4-3-5-8-13/h2-10,12,17,23H,1,11H2/b18-16+/t17-/m0/s1. The molecule has 1 atom stereocenters. The van der Waals surface area contributed by atoms with E-state index in [1.807, 2.05) is 0 Å². The fraction of sp³-hybridized carbons (Fsp3) is 0.100. The Morgan fingerprint density at radius 3 is 2.52 bits per heavy atom. The van der Waals surface area contributed by atoms with Gasteiger partial charge in [0.05, 0.1) is 16.5 Å². The van der Waals surface area contributed by atoms with E-state index in [0.29, 0.717) is 11.1 Å². The van der Waals surface area contributed by atoms with Crippen LogP contribution < -0.4 is 0 Å². The van der Waals surface area contributed by atoms with Crippen molar-refractivity contribution >= 4 is 23.1 Å². The topological polar surface area (TPSA) is 101 Å². The number of likely N-dealkylation sites (tertiary alicyclic amines) is 1. The van der Waals surface area contributed by atoms with E-state index in [1.165, 1.54) is 29.2 Å². The first-order chi connectivity index (χ1) is 13.0. The van der Waals surface area contributed by atoms with Gasteiger partial charge >= 0.3 is 0 Å². The van der Waals surface area contributed by atoms with Crippen LogP contribution in [0.2, 0.25) is 0 Å². The Kier molecular flexibility index (Phi) is 4.85. The first-order valence-electron chi connectivity index (χ1n) is 8.14. The summed E-state index contributed by atoms with van der Waals surface area (Å²) in [5, 5.41) is 21.8. The van der Waals surface area contributed by atoms with Crippen LogP contribution in [-0.2, 0) is 9.59 Å². The summed E-state index contributed by atoms with van der Waals surface area (Å²) in [6.07, 6.45) is 1.46. The molecule has 1 N–H and O–H groups in total. The summed E-state index contributed by atoms with van der Waals surface area (Å²) in [4.78, 5) is 36.9. The number of aliphatic hydroxyl groups is 1. The summed E-state index contributed by atoms with van der Waals surface area (Å²) in [5.41, 5.74) is 0.470. The second-order valence-electron chi connectivity index (χ2n) is 5.96. The van der Waals surface area contributed by atoms with Gasteiger partial charge in [-0.3, -0.25) is 19.7 Å². The SMILES string of the molecule is C=CCN1C(=O)C(=O)/C(=C(/O)c2ccccc2)[C@@H]1c1cccc([N+](=O)[O-])c1. The molecule has 3 rings (SSSR count). The average molecular weight is 364 g/mol. The number of Topliss-reactive ketones (excluding diaryl/α,β-unsaturated/α-hetero) is 1. The molecule has 7 nitrogen and oxygen atoms in total. The zero-order valence-corrected chi connectivity index (χ0v) is 14.2. The van der Waals surface area contributed by atoms with Crippen molar-refractivity contribution in [3.63, 3.8) is 0 Å². The number of hydrogen-bond donors (Lipinski definition) is 1. The van der Waals surface area contributed by atoms with Crippen LogP contribution >= 0.6 is 0 Å². The number of nitro groups is 1. The van der Waals surface area contributed by atoms with E-state index in [0.717, 1.165) is 0 Å². The maximum Gasteiger partial charge on any atom is 0.295 e. The lowest BCUT2D eigenvalue weighted by molar-refractivity contribution is -0.384. The predicted molar refractivity (Wildman–Crippen MR) is 98.7 cm³/mol. The van der Waals surface area contributed by atoms with Crippen molar-refractivity contribution in [2.45, 2.75) is 6.04 Å². The molecule has 0 aliphatic carbocycles. The van der Waals surface area contributed by atoms with Gasteiger partial charge in [0, 0.05) is 24.2 Å². The first-order valence-corrected chi connectivity index (χ1v) is 8.14. The third-order valence-corrected chi connectivity index (χ3v) is 4.31. The van der Waals surface area contributed by atoms with Crippen molar-refractivity contribution < 1.29 is 19.6 Å². The largest absolute Gasteiger partial charge is 0.507 e. The summed E-state index contributed by atoms with van der Waals surface area (Å²) in [5.74, 6) is -1.95. The van der Waals surface area contributed by atoms with E-state index in [9.17, 15) is 24.8 Å². The third-order valence-electron chi connectivity index (χ3n) is 4.31. The van der Waals surface area contributed by atoms with Crippen molar-refractivity contribution in [1.29, 1.82) is 0 Å². The quantitative estimate of drug-likeness (QED) is 0.219. The summed E-state index contributed by atoms with van der Waals surface area (Å²) in [6.45, 7) is 3.65. The predicted octanol–water partition coefficient (Wildman–Crippen LogP) is 3.20. The average Bonchev–Trinajstić information content (AvgIpc) is 2.93. The maximum absolute atomic E-state index is 12.6. The molecule has 1 aliphatic rings. The van der Waals surface area contributed by atoms with E-state index in [4.69, 9.17) is 0 Å². The van der Waals surface area contributed by atoms with Gasteiger partial charge in [0.2, 0.25) is 0 Å². The van der Waals surface area contributed by atoms with Gasteiger partial charge in [0.1, 0.15) is 5.76 Å². The summed E-state index contributed by atoms with van der Waals surface area (Å²) in [7, 11) is 0. The highest BCUT2D eigenvalue weighted by Crippen LogP contribution is 2.39. The van der Waals surface area contributed by atoms with Crippen LogP contribution in [-0.4, -0.2) is 33.2 Å². The highest BCUT2D eigenvalue weighted by molar-refractivity contribution is 6.46. The van der Waals surface area contributed by atoms with Crippen molar-refractivity contribution in [1.82, 2.24) is 4.90 Å². The van der Waals surface area contributed by atoms with Gasteiger partial charge in [-0.25, -0.2) is 0 Å². The molecular formula is C20H16N2O5. The van der Waals surface area contributed by atoms with E-state index >= 15 is 0 Å². The van der Waals surface area contributed by atoms with Crippen molar-refractivity contribution in [3.8, 4) is 0 Å². The highest BCUT2D eigenvalue weighted by Gasteiger charge is 2.45. The minimum absolute atomic E-state index is 0.0590. The summed E-state index contributed by atoms with van der Waals surface area (Å²) in [6, 6.07) is 13.1. The number of amides is 1. The van der Waals surface area contributed by atoms with Crippen LogP contribution in [0.5, 0.6) is 0 Å². The molecule has 1 aliphatic heterocycles. The first kappa shape index (κ1) is 18.1. The molecule has 1 heterocycles. The Balaban J connectivity index is 2.22. The van der Waals surface area contributed by atoms with Gasteiger partial charge in [-0.15, -0.1) is 6.58 Å². The number of nitrogens with zero attached hydrogens (tertiary/aromatic N) is 2. The van der Waals surface area contributed by atoms with Gasteiger partial charge in [0.25, 0.3) is 17.4 Å². The summed E-state index contributed by atoms with van der Waals surface area (Å²) < 4.78 is 0. The van der Waals surface area contributed by atoms with Gasteiger partial charge in [-0.1, -0.05) is 48.5 Å². The molecule has 2 aromatic carbocycles. The number of carbonyl (C=O) groups excluding carboxylic acids is 2. The molecular weight excluding hydrogens is 348 g/mol. The van der Waals surface area contributed by atoms with Gasteiger partial charge < -0.3 is 10.0 Å². The molecule has 27 heavy (non-hydrogen) atoms. The van der Waals surface area contributed by atoms with Crippen LogP contribution in [0.25, 0.3) is 5.76 Å². The third kappa shape index (κ3) is 3.22. The van der Waals surface area contributed by atoms with E-state index in [-0.39, 0.29) is 23.6 Å².